The Kier molecular flexibility index (Phi) is 4.08. The number of nitrogens with zero attached hydrogens (tertiary/aromatic N) is 1. The molecule has 2 aliphatic rings. The fraction of sp³-hybridized carbons (Fsp3) is 0.647. The van der Waals surface area contributed by atoms with Crippen LogP contribution < -0.4 is 0 Å². The van der Waals surface area contributed by atoms with Crippen LogP contribution in [0.15, 0.2) is 24.3 Å². The Morgan fingerprint density at radius 1 is 1.35 bits per heavy atom. The third-order valence-electron chi connectivity index (χ3n) is 4.90. The van der Waals surface area contributed by atoms with Crippen LogP contribution in [-0.2, 0) is 11.2 Å². The van der Waals surface area contributed by atoms with E-state index in [0.717, 1.165) is 31.7 Å². The molecule has 0 bridgehead atoms. The third-order valence-corrected chi connectivity index (χ3v) is 4.90. The number of benzene rings is 1. The predicted molar refractivity (Wildman–Crippen MR) is 78.2 cm³/mol. The van der Waals surface area contributed by atoms with Gasteiger partial charge in [-0.2, -0.15) is 0 Å². The van der Waals surface area contributed by atoms with Gasteiger partial charge in [0.25, 0.3) is 0 Å². The van der Waals surface area contributed by atoms with Gasteiger partial charge in [-0.3, -0.25) is 0 Å². The number of hydrogen-bond acceptors (Lipinski definition) is 2. The van der Waals surface area contributed by atoms with E-state index in [0.29, 0.717) is 11.5 Å². The first-order valence-electron chi connectivity index (χ1n) is 7.78. The lowest BCUT2D eigenvalue weighted by molar-refractivity contribution is -0.0715. The molecular weight excluding hydrogens is 253 g/mol. The first-order valence-corrected chi connectivity index (χ1v) is 7.78. The van der Waals surface area contributed by atoms with Crippen LogP contribution >= 0.6 is 0 Å². The smallest absolute Gasteiger partial charge is 0.126 e. The predicted octanol–water partition coefficient (Wildman–Crippen LogP) is 3.26. The third kappa shape index (κ3) is 2.89. The van der Waals surface area contributed by atoms with Gasteiger partial charge in [0, 0.05) is 19.7 Å². The summed E-state index contributed by atoms with van der Waals surface area (Å²) in [5.74, 6) is -0.0681. The molecule has 1 saturated carbocycles. The Labute approximate surface area is 120 Å². The molecule has 0 aromatic heterocycles. The van der Waals surface area contributed by atoms with E-state index in [9.17, 15) is 4.39 Å². The number of rotatable bonds is 5. The van der Waals surface area contributed by atoms with Crippen LogP contribution in [0.4, 0.5) is 4.39 Å². The molecule has 1 aromatic carbocycles. The van der Waals surface area contributed by atoms with Gasteiger partial charge in [-0.25, -0.2) is 4.39 Å². The second kappa shape index (κ2) is 5.82. The Morgan fingerprint density at radius 3 is 2.90 bits per heavy atom. The highest BCUT2D eigenvalue weighted by Gasteiger charge is 2.48. The normalized spacial score (nSPS) is 29.8. The molecular formula is C17H24FNO. The van der Waals surface area contributed by atoms with Gasteiger partial charge in [0.1, 0.15) is 5.82 Å². The maximum Gasteiger partial charge on any atom is 0.126 e. The minimum absolute atomic E-state index is 0.0681. The second-order valence-electron chi connectivity index (χ2n) is 6.35. The Hall–Kier alpha value is -0.930. The first kappa shape index (κ1) is 14.0. The minimum Gasteiger partial charge on any atom is -0.378 e. The van der Waals surface area contributed by atoms with E-state index in [-0.39, 0.29) is 5.82 Å². The van der Waals surface area contributed by atoms with Crippen molar-refractivity contribution in [3.05, 3.63) is 35.6 Å². The van der Waals surface area contributed by atoms with Gasteiger partial charge in [0.05, 0.1) is 6.10 Å². The summed E-state index contributed by atoms with van der Waals surface area (Å²) in [6.45, 7) is 6.21. The molecule has 0 unspecified atom stereocenters. The zero-order chi connectivity index (χ0) is 14.0. The van der Waals surface area contributed by atoms with Crippen molar-refractivity contribution in [2.75, 3.05) is 26.2 Å². The maximum absolute atomic E-state index is 13.6. The summed E-state index contributed by atoms with van der Waals surface area (Å²) in [4.78, 5) is 2.49. The van der Waals surface area contributed by atoms with E-state index in [1.807, 2.05) is 12.1 Å². The van der Waals surface area contributed by atoms with E-state index in [1.165, 1.54) is 25.8 Å². The van der Waals surface area contributed by atoms with Crippen LogP contribution in [-0.4, -0.2) is 37.2 Å². The molecule has 1 saturated heterocycles. The molecule has 1 aliphatic heterocycles. The highest BCUT2D eigenvalue weighted by molar-refractivity contribution is 5.17. The lowest BCUT2D eigenvalue weighted by Gasteiger charge is -2.44. The zero-order valence-electron chi connectivity index (χ0n) is 12.3. The minimum atomic E-state index is -0.0681. The van der Waals surface area contributed by atoms with Crippen molar-refractivity contribution >= 4 is 0 Å². The highest BCUT2D eigenvalue weighted by Crippen LogP contribution is 2.49. The maximum atomic E-state index is 13.6. The molecule has 0 amide bonds. The van der Waals surface area contributed by atoms with Crippen molar-refractivity contribution in [3.63, 3.8) is 0 Å². The molecule has 1 heterocycles. The van der Waals surface area contributed by atoms with Crippen LogP contribution in [0.1, 0.15) is 31.7 Å². The SMILES string of the molecule is CCOC1CC2(CCN(CCc3ccccc3F)C2)C1. The topological polar surface area (TPSA) is 12.5 Å². The average Bonchev–Trinajstić information content (AvgIpc) is 2.82. The molecule has 1 aromatic rings. The molecule has 0 N–H and O–H groups in total. The standard InChI is InChI=1S/C17H24FNO/c1-2-20-15-11-17(12-15)8-10-19(13-17)9-7-14-5-3-4-6-16(14)18/h3-6,15H,2,7-13H2,1H3. The number of hydrogen-bond donors (Lipinski definition) is 0. The van der Waals surface area contributed by atoms with Crippen molar-refractivity contribution in [1.29, 1.82) is 0 Å². The summed E-state index contributed by atoms with van der Waals surface area (Å²) in [5, 5.41) is 0. The second-order valence-corrected chi connectivity index (χ2v) is 6.35. The first-order chi connectivity index (χ1) is 9.71. The van der Waals surface area contributed by atoms with Crippen LogP contribution in [0.3, 0.4) is 0 Å². The summed E-state index contributed by atoms with van der Waals surface area (Å²) in [6.07, 6.45) is 5.03. The molecule has 0 atom stereocenters. The van der Waals surface area contributed by atoms with Crippen LogP contribution in [0.2, 0.25) is 0 Å². The van der Waals surface area contributed by atoms with Crippen LogP contribution in [0.25, 0.3) is 0 Å². The molecule has 2 fully saturated rings. The molecule has 3 rings (SSSR count). The Morgan fingerprint density at radius 2 is 2.15 bits per heavy atom. The van der Waals surface area contributed by atoms with Gasteiger partial charge >= 0.3 is 0 Å². The molecule has 1 spiro atoms. The van der Waals surface area contributed by atoms with E-state index in [1.54, 1.807) is 12.1 Å². The van der Waals surface area contributed by atoms with Gasteiger partial charge in [-0.05, 0) is 56.2 Å². The van der Waals surface area contributed by atoms with Crippen LogP contribution in [0.5, 0.6) is 0 Å². The lowest BCUT2D eigenvalue weighted by Crippen LogP contribution is -2.44. The van der Waals surface area contributed by atoms with Gasteiger partial charge in [-0.15, -0.1) is 0 Å². The fourth-order valence-electron chi connectivity index (χ4n) is 3.79. The van der Waals surface area contributed by atoms with Crippen molar-refractivity contribution in [2.45, 2.75) is 38.7 Å². The monoisotopic (exact) mass is 277 g/mol. The van der Waals surface area contributed by atoms with Crippen molar-refractivity contribution < 1.29 is 9.13 Å². The van der Waals surface area contributed by atoms with Gasteiger partial charge in [-0.1, -0.05) is 18.2 Å². The number of halogens is 1. The van der Waals surface area contributed by atoms with E-state index >= 15 is 0 Å². The highest BCUT2D eigenvalue weighted by atomic mass is 19.1. The Bertz CT molecular complexity index is 456. The van der Waals surface area contributed by atoms with Crippen molar-refractivity contribution in [3.8, 4) is 0 Å². The van der Waals surface area contributed by atoms with E-state index < -0.39 is 0 Å². The molecule has 3 heteroatoms. The zero-order valence-corrected chi connectivity index (χ0v) is 12.3. The van der Waals surface area contributed by atoms with Gasteiger partial charge in [0.15, 0.2) is 0 Å². The quantitative estimate of drug-likeness (QED) is 0.819. The van der Waals surface area contributed by atoms with E-state index in [4.69, 9.17) is 4.74 Å². The molecule has 110 valence electrons. The van der Waals surface area contributed by atoms with Gasteiger partial charge < -0.3 is 9.64 Å². The summed E-state index contributed by atoms with van der Waals surface area (Å²) in [6, 6.07) is 7.13. The van der Waals surface area contributed by atoms with Crippen LogP contribution in [0, 0.1) is 11.2 Å². The summed E-state index contributed by atoms with van der Waals surface area (Å²) >= 11 is 0. The van der Waals surface area contributed by atoms with Gasteiger partial charge in [0.2, 0.25) is 0 Å². The average molecular weight is 277 g/mol. The van der Waals surface area contributed by atoms with Crippen molar-refractivity contribution in [2.24, 2.45) is 5.41 Å². The van der Waals surface area contributed by atoms with Crippen molar-refractivity contribution in [1.82, 2.24) is 4.90 Å². The molecule has 20 heavy (non-hydrogen) atoms. The largest absolute Gasteiger partial charge is 0.378 e. The number of ether oxygens (including phenoxy) is 1. The molecule has 2 nitrogen and oxygen atoms in total. The summed E-state index contributed by atoms with van der Waals surface area (Å²) < 4.78 is 19.3. The molecule has 1 aliphatic carbocycles. The lowest BCUT2D eigenvalue weighted by atomic mass is 9.66. The molecule has 0 radical (unpaired) electrons. The number of likely N-dealkylation sites (tertiary alicyclic amines) is 1. The Balaban J connectivity index is 1.46. The fourth-order valence-corrected chi connectivity index (χ4v) is 3.79. The summed E-state index contributed by atoms with van der Waals surface area (Å²) in [7, 11) is 0. The summed E-state index contributed by atoms with van der Waals surface area (Å²) in [5.41, 5.74) is 1.35. The van der Waals surface area contributed by atoms with E-state index in [2.05, 4.69) is 11.8 Å².